The van der Waals surface area contributed by atoms with Gasteiger partial charge in [0, 0.05) is 50.5 Å². The molecule has 3 rings (SSSR count). The van der Waals surface area contributed by atoms with Gasteiger partial charge in [-0.25, -0.2) is 0 Å². The topological polar surface area (TPSA) is 30.5 Å². The average Bonchev–Trinajstić information content (AvgIpc) is 3.43. The number of piperidine rings is 1. The number of hydrogen-bond donors (Lipinski definition) is 2. The lowest BCUT2D eigenvalue weighted by Gasteiger charge is -2.33. The summed E-state index contributed by atoms with van der Waals surface area (Å²) in [6, 6.07) is 8.70. The van der Waals surface area contributed by atoms with E-state index in [1.165, 1.54) is 46.5 Å². The number of rotatable bonds is 14. The maximum atomic E-state index is 4.41. The highest BCUT2D eigenvalue weighted by molar-refractivity contribution is 5.74. The monoisotopic (exact) mass is 518 g/mol. The second kappa shape index (κ2) is 17.9. The highest BCUT2D eigenvalue weighted by Crippen LogP contribution is 2.30. The van der Waals surface area contributed by atoms with Crippen molar-refractivity contribution in [2.75, 3.05) is 58.2 Å². The molecule has 0 amide bonds. The zero-order valence-electron chi connectivity index (χ0n) is 25.2. The number of anilines is 1. The number of likely N-dealkylation sites (N-methyl/N-ethyl adjacent to an activating group) is 1. The molecule has 4 heteroatoms. The van der Waals surface area contributed by atoms with E-state index in [0.717, 1.165) is 58.7 Å². The van der Waals surface area contributed by atoms with Crippen molar-refractivity contribution in [2.24, 2.45) is 5.92 Å². The summed E-state index contributed by atoms with van der Waals surface area (Å²) in [4.78, 5) is 5.13. The van der Waals surface area contributed by atoms with Crippen LogP contribution in [0.2, 0.25) is 0 Å². The van der Waals surface area contributed by atoms with Crippen LogP contribution in [0.3, 0.4) is 0 Å². The molecule has 1 aromatic carbocycles. The van der Waals surface area contributed by atoms with Crippen molar-refractivity contribution < 1.29 is 0 Å². The lowest BCUT2D eigenvalue weighted by molar-refractivity contribution is 0.210. The first-order valence-electron chi connectivity index (χ1n) is 14.9. The van der Waals surface area contributed by atoms with Crippen LogP contribution in [0.25, 0.3) is 5.57 Å². The Hall–Kier alpha value is -2.56. The number of nitrogens with one attached hydrogen (secondary N) is 2. The minimum absolute atomic E-state index is 0.592. The number of benzene rings is 1. The van der Waals surface area contributed by atoms with E-state index in [-0.39, 0.29) is 0 Å². The molecule has 0 unspecified atom stereocenters. The normalized spacial score (nSPS) is 16.8. The molecule has 1 heterocycles. The fraction of sp³-hybridized carbons (Fsp3) is 0.529. The Kier molecular flexibility index (Phi) is 14.9. The van der Waals surface area contributed by atoms with Gasteiger partial charge in [0.2, 0.25) is 0 Å². The van der Waals surface area contributed by atoms with Gasteiger partial charge in [-0.1, -0.05) is 82.4 Å². The molecule has 0 spiro atoms. The molecule has 0 bridgehead atoms. The zero-order valence-corrected chi connectivity index (χ0v) is 25.2. The van der Waals surface area contributed by atoms with Crippen LogP contribution in [0, 0.1) is 5.92 Å². The third kappa shape index (κ3) is 10.3. The standard InChI is InChI=1S/C32H48N4.C2H6/c1-6-10-27(11-7-2)24-36-19-16-29(17-20-36)26(4)34-18-21-35(8-3)25-28-14-15-31(22-28)30-12-9-13-32(23-30)33-5;1-2/h6,9-15,23,29,33-34H,4,7-8,16-22,24-25H2,1-3,5H3;1-2H3/b10-6-,27-11+;. The van der Waals surface area contributed by atoms with Crippen LogP contribution in [-0.4, -0.2) is 62.7 Å². The molecule has 38 heavy (non-hydrogen) atoms. The lowest BCUT2D eigenvalue weighted by atomic mass is 9.93. The minimum Gasteiger partial charge on any atom is -0.388 e. The van der Waals surface area contributed by atoms with Crippen LogP contribution in [0.15, 0.2) is 78.1 Å². The maximum absolute atomic E-state index is 4.41. The van der Waals surface area contributed by atoms with E-state index >= 15 is 0 Å². The molecule has 1 aliphatic carbocycles. The summed E-state index contributed by atoms with van der Waals surface area (Å²) in [5.41, 5.74) is 8.08. The van der Waals surface area contributed by atoms with E-state index in [2.05, 4.69) is 102 Å². The molecule has 2 N–H and O–H groups in total. The molecule has 0 saturated carbocycles. The van der Waals surface area contributed by atoms with E-state index in [0.29, 0.717) is 5.92 Å². The Morgan fingerprint density at radius 3 is 2.58 bits per heavy atom. The van der Waals surface area contributed by atoms with Gasteiger partial charge >= 0.3 is 0 Å². The fourth-order valence-corrected chi connectivity index (χ4v) is 5.28. The molecule has 1 aromatic rings. The Morgan fingerprint density at radius 2 is 1.92 bits per heavy atom. The summed E-state index contributed by atoms with van der Waals surface area (Å²) in [5, 5.41) is 6.91. The lowest BCUT2D eigenvalue weighted by Crippen LogP contribution is -2.38. The van der Waals surface area contributed by atoms with Crippen molar-refractivity contribution in [3.63, 3.8) is 0 Å². The Labute approximate surface area is 234 Å². The Morgan fingerprint density at radius 1 is 1.16 bits per heavy atom. The minimum atomic E-state index is 0.592. The van der Waals surface area contributed by atoms with Gasteiger partial charge in [0.05, 0.1) is 0 Å². The molecule has 0 radical (unpaired) electrons. The van der Waals surface area contributed by atoms with Gasteiger partial charge in [0.25, 0.3) is 0 Å². The molecular weight excluding hydrogens is 464 g/mol. The first kappa shape index (κ1) is 31.7. The summed E-state index contributed by atoms with van der Waals surface area (Å²) in [6.07, 6.45) is 15.9. The Balaban J connectivity index is 0.00000247. The third-order valence-electron chi connectivity index (χ3n) is 7.45. The van der Waals surface area contributed by atoms with E-state index in [1.807, 2.05) is 20.9 Å². The molecule has 4 nitrogen and oxygen atoms in total. The highest BCUT2D eigenvalue weighted by Gasteiger charge is 2.21. The van der Waals surface area contributed by atoms with Gasteiger partial charge in [-0.15, -0.1) is 0 Å². The van der Waals surface area contributed by atoms with Crippen LogP contribution in [0.5, 0.6) is 0 Å². The van der Waals surface area contributed by atoms with Crippen molar-refractivity contribution in [3.05, 3.63) is 83.6 Å². The van der Waals surface area contributed by atoms with E-state index in [1.54, 1.807) is 0 Å². The number of allylic oxidation sites excluding steroid dienone is 6. The van der Waals surface area contributed by atoms with Gasteiger partial charge in [0.1, 0.15) is 0 Å². The van der Waals surface area contributed by atoms with Crippen LogP contribution in [0.4, 0.5) is 5.69 Å². The molecule has 1 saturated heterocycles. The van der Waals surface area contributed by atoms with Crippen molar-refractivity contribution in [3.8, 4) is 0 Å². The summed E-state index contributed by atoms with van der Waals surface area (Å²) < 4.78 is 0. The molecule has 1 fully saturated rings. The SMILES string of the molecule is C=C(NCCN(CC)CC1=CC=C(c2cccc(NC)c2)C1)C1CCN(CC(/C=C\C)=C/CC)CC1.CC. The quantitative estimate of drug-likeness (QED) is 0.249. The van der Waals surface area contributed by atoms with Crippen LogP contribution in [0.1, 0.15) is 65.9 Å². The summed E-state index contributed by atoms with van der Waals surface area (Å²) >= 11 is 0. The molecule has 0 atom stereocenters. The summed E-state index contributed by atoms with van der Waals surface area (Å²) in [7, 11) is 1.98. The summed E-state index contributed by atoms with van der Waals surface area (Å²) in [5.74, 6) is 0.592. The fourth-order valence-electron chi connectivity index (χ4n) is 5.28. The smallest absolute Gasteiger partial charge is 0.0343 e. The first-order chi connectivity index (χ1) is 18.6. The number of nitrogens with zero attached hydrogens (tertiary/aromatic N) is 2. The van der Waals surface area contributed by atoms with Gasteiger partial charge in [-0.05, 0) is 81.1 Å². The predicted molar refractivity (Wildman–Crippen MR) is 170 cm³/mol. The molecular formula is C34H54N4. The third-order valence-corrected chi connectivity index (χ3v) is 7.45. The highest BCUT2D eigenvalue weighted by atomic mass is 15.1. The van der Waals surface area contributed by atoms with Crippen molar-refractivity contribution >= 4 is 11.3 Å². The van der Waals surface area contributed by atoms with Crippen LogP contribution in [-0.2, 0) is 0 Å². The Bertz CT molecular complexity index is 960. The second-order valence-corrected chi connectivity index (χ2v) is 10.1. The number of likely N-dealkylation sites (tertiary alicyclic amines) is 1. The van der Waals surface area contributed by atoms with Gasteiger partial charge in [0.15, 0.2) is 0 Å². The van der Waals surface area contributed by atoms with Crippen LogP contribution >= 0.6 is 0 Å². The number of hydrogen-bond acceptors (Lipinski definition) is 4. The molecule has 210 valence electrons. The van der Waals surface area contributed by atoms with Gasteiger partial charge < -0.3 is 10.6 Å². The molecule has 0 aromatic heterocycles. The first-order valence-corrected chi connectivity index (χ1v) is 14.9. The molecule has 2 aliphatic rings. The van der Waals surface area contributed by atoms with Gasteiger partial charge in [-0.3, -0.25) is 9.80 Å². The zero-order chi connectivity index (χ0) is 27.8. The average molecular weight is 519 g/mol. The van der Waals surface area contributed by atoms with Crippen LogP contribution < -0.4 is 10.6 Å². The second-order valence-electron chi connectivity index (χ2n) is 10.1. The summed E-state index contributed by atoms with van der Waals surface area (Å²) in [6.45, 7) is 22.5. The van der Waals surface area contributed by atoms with Crippen molar-refractivity contribution in [1.82, 2.24) is 15.1 Å². The maximum Gasteiger partial charge on any atom is 0.0343 e. The largest absolute Gasteiger partial charge is 0.388 e. The van der Waals surface area contributed by atoms with E-state index in [4.69, 9.17) is 0 Å². The predicted octanol–water partition coefficient (Wildman–Crippen LogP) is 7.52. The van der Waals surface area contributed by atoms with Gasteiger partial charge in [-0.2, -0.15) is 0 Å². The van der Waals surface area contributed by atoms with Crippen molar-refractivity contribution in [2.45, 2.75) is 60.3 Å². The molecule has 1 aliphatic heterocycles. The van der Waals surface area contributed by atoms with Crippen molar-refractivity contribution in [1.29, 1.82) is 0 Å². The van der Waals surface area contributed by atoms with E-state index in [9.17, 15) is 0 Å². The van der Waals surface area contributed by atoms with E-state index < -0.39 is 0 Å².